The lowest BCUT2D eigenvalue weighted by Crippen LogP contribution is -2.37. The average Bonchev–Trinajstić information content (AvgIpc) is 2.69. The van der Waals surface area contributed by atoms with Crippen molar-refractivity contribution in [1.29, 1.82) is 0 Å². The van der Waals surface area contributed by atoms with E-state index in [4.69, 9.17) is 0 Å². The Morgan fingerprint density at radius 2 is 1.75 bits per heavy atom. The van der Waals surface area contributed by atoms with Gasteiger partial charge in [-0.05, 0) is 32.1 Å². The van der Waals surface area contributed by atoms with Crippen LogP contribution in [0.25, 0.3) is 6.08 Å². The van der Waals surface area contributed by atoms with E-state index in [2.05, 4.69) is 5.32 Å². The number of aryl methyl sites for hydroxylation is 1. The van der Waals surface area contributed by atoms with E-state index < -0.39 is 17.2 Å². The highest BCUT2D eigenvalue weighted by Gasteiger charge is 2.16. The fourth-order valence-electron chi connectivity index (χ4n) is 2.75. The summed E-state index contributed by atoms with van der Waals surface area (Å²) in [7, 11) is 2.89. The third kappa shape index (κ3) is 4.46. The van der Waals surface area contributed by atoms with Crippen molar-refractivity contribution < 1.29 is 9.59 Å². The normalized spacial score (nSPS) is 10.9. The van der Waals surface area contributed by atoms with Crippen LogP contribution in [0, 0.1) is 0 Å². The number of hydrogen-bond donors (Lipinski definition) is 1. The van der Waals surface area contributed by atoms with E-state index in [9.17, 15) is 19.2 Å². The molecule has 0 radical (unpaired) electrons. The van der Waals surface area contributed by atoms with Crippen molar-refractivity contribution in [1.82, 2.24) is 14.0 Å². The minimum Gasteiger partial charge on any atom is -0.339 e. The number of anilines is 1. The van der Waals surface area contributed by atoms with Gasteiger partial charge in [0, 0.05) is 39.5 Å². The zero-order valence-electron chi connectivity index (χ0n) is 16.4. The van der Waals surface area contributed by atoms with Crippen molar-refractivity contribution in [3.63, 3.8) is 0 Å². The van der Waals surface area contributed by atoms with Crippen LogP contribution in [0.15, 0.2) is 46.1 Å². The Kier molecular flexibility index (Phi) is 6.70. The summed E-state index contributed by atoms with van der Waals surface area (Å²) in [5.74, 6) is -0.660. The third-order valence-corrected chi connectivity index (χ3v) is 4.35. The molecule has 8 heteroatoms. The highest BCUT2D eigenvalue weighted by molar-refractivity contribution is 6.07. The second kappa shape index (κ2) is 8.98. The molecule has 1 N–H and O–H groups in total. The van der Waals surface area contributed by atoms with Gasteiger partial charge in [0.1, 0.15) is 0 Å². The topological polar surface area (TPSA) is 93.4 Å². The van der Waals surface area contributed by atoms with E-state index in [0.717, 1.165) is 4.57 Å². The van der Waals surface area contributed by atoms with Crippen LogP contribution in [0.3, 0.4) is 0 Å². The molecule has 1 aromatic heterocycles. The number of hydrogen-bond acceptors (Lipinski definition) is 4. The first-order chi connectivity index (χ1) is 13.3. The number of nitrogens with zero attached hydrogens (tertiary/aromatic N) is 3. The molecule has 0 aliphatic heterocycles. The molecule has 2 aromatic rings. The third-order valence-electron chi connectivity index (χ3n) is 4.35. The van der Waals surface area contributed by atoms with Gasteiger partial charge < -0.3 is 14.8 Å². The highest BCUT2D eigenvalue weighted by Crippen LogP contribution is 2.17. The van der Waals surface area contributed by atoms with E-state index in [1.165, 1.54) is 37.0 Å². The Labute approximate surface area is 162 Å². The Morgan fingerprint density at radius 1 is 1.11 bits per heavy atom. The molecule has 0 unspecified atom stereocenters. The van der Waals surface area contributed by atoms with Gasteiger partial charge in [-0.2, -0.15) is 0 Å². The largest absolute Gasteiger partial charge is 0.339 e. The summed E-state index contributed by atoms with van der Waals surface area (Å²) >= 11 is 0. The molecule has 148 valence electrons. The lowest BCUT2D eigenvalue weighted by atomic mass is 10.1. The van der Waals surface area contributed by atoms with Gasteiger partial charge in [-0.1, -0.05) is 12.1 Å². The van der Waals surface area contributed by atoms with Gasteiger partial charge in [0.25, 0.3) is 11.5 Å². The highest BCUT2D eigenvalue weighted by atomic mass is 16.2. The molecule has 8 nitrogen and oxygen atoms in total. The maximum absolute atomic E-state index is 12.6. The predicted molar refractivity (Wildman–Crippen MR) is 108 cm³/mol. The minimum absolute atomic E-state index is 0.170. The van der Waals surface area contributed by atoms with E-state index in [1.807, 2.05) is 13.8 Å². The number of para-hydroxylation sites is 1. The zero-order valence-corrected chi connectivity index (χ0v) is 16.4. The number of carbonyl (C=O) groups excluding carboxylic acids is 2. The van der Waals surface area contributed by atoms with E-state index in [0.29, 0.717) is 24.3 Å². The maximum atomic E-state index is 12.6. The Morgan fingerprint density at radius 3 is 2.39 bits per heavy atom. The van der Waals surface area contributed by atoms with Gasteiger partial charge in [0.2, 0.25) is 5.91 Å². The molecule has 2 rings (SSSR count). The molecule has 2 amide bonds. The van der Waals surface area contributed by atoms with Gasteiger partial charge in [0.15, 0.2) is 0 Å². The van der Waals surface area contributed by atoms with E-state index in [1.54, 1.807) is 29.2 Å². The fourth-order valence-corrected chi connectivity index (χ4v) is 2.75. The van der Waals surface area contributed by atoms with Crippen LogP contribution in [0.1, 0.15) is 29.8 Å². The number of rotatable bonds is 6. The van der Waals surface area contributed by atoms with Crippen LogP contribution in [0.5, 0.6) is 0 Å². The molecule has 0 atom stereocenters. The maximum Gasteiger partial charge on any atom is 0.330 e. The summed E-state index contributed by atoms with van der Waals surface area (Å²) in [6.45, 7) is 4.90. The van der Waals surface area contributed by atoms with Crippen molar-refractivity contribution in [2.24, 2.45) is 14.1 Å². The van der Waals surface area contributed by atoms with Crippen molar-refractivity contribution in [2.75, 3.05) is 18.4 Å². The van der Waals surface area contributed by atoms with Gasteiger partial charge in [-0.15, -0.1) is 0 Å². The first-order valence-electron chi connectivity index (χ1n) is 8.94. The minimum atomic E-state index is -0.496. The molecule has 0 aliphatic carbocycles. The van der Waals surface area contributed by atoms with Gasteiger partial charge >= 0.3 is 5.69 Å². The molecule has 1 aromatic carbocycles. The van der Waals surface area contributed by atoms with E-state index >= 15 is 0 Å². The van der Waals surface area contributed by atoms with Crippen LogP contribution in [-0.2, 0) is 18.9 Å². The Balaban J connectivity index is 2.26. The van der Waals surface area contributed by atoms with Crippen LogP contribution in [0.2, 0.25) is 0 Å². The quantitative estimate of drug-likeness (QED) is 0.758. The molecule has 1 heterocycles. The molecule has 0 spiro atoms. The summed E-state index contributed by atoms with van der Waals surface area (Å²) in [6, 6.07) is 6.76. The lowest BCUT2D eigenvalue weighted by Gasteiger charge is -2.20. The molecular weight excluding hydrogens is 360 g/mol. The molecule has 0 saturated carbocycles. The molecule has 0 fully saturated rings. The first-order valence-corrected chi connectivity index (χ1v) is 8.94. The monoisotopic (exact) mass is 384 g/mol. The zero-order chi connectivity index (χ0) is 20.8. The van der Waals surface area contributed by atoms with Crippen molar-refractivity contribution in [2.45, 2.75) is 13.8 Å². The number of carbonyl (C=O) groups is 2. The summed E-state index contributed by atoms with van der Waals surface area (Å²) in [4.78, 5) is 50.4. The molecular formula is C20H24N4O4. The number of aromatic nitrogens is 2. The predicted octanol–water partition coefficient (Wildman–Crippen LogP) is 1.22. The Bertz CT molecular complexity index is 1030. The molecule has 0 aliphatic rings. The number of benzene rings is 1. The van der Waals surface area contributed by atoms with Crippen LogP contribution in [0.4, 0.5) is 5.69 Å². The fraction of sp³-hybridized carbons (Fsp3) is 0.300. The van der Waals surface area contributed by atoms with Crippen LogP contribution >= 0.6 is 0 Å². The molecule has 28 heavy (non-hydrogen) atoms. The molecule has 0 bridgehead atoms. The summed E-state index contributed by atoms with van der Waals surface area (Å²) < 4.78 is 2.23. The average molecular weight is 384 g/mol. The van der Waals surface area contributed by atoms with Crippen LogP contribution < -0.4 is 16.6 Å². The van der Waals surface area contributed by atoms with E-state index in [-0.39, 0.29) is 11.5 Å². The Hall–Kier alpha value is -3.42. The van der Waals surface area contributed by atoms with Crippen molar-refractivity contribution >= 4 is 23.6 Å². The van der Waals surface area contributed by atoms with Gasteiger partial charge in [-0.3, -0.25) is 19.0 Å². The summed E-state index contributed by atoms with van der Waals surface area (Å²) in [6.07, 6.45) is 3.90. The first kappa shape index (κ1) is 20.9. The second-order valence-corrected chi connectivity index (χ2v) is 6.19. The lowest BCUT2D eigenvalue weighted by molar-refractivity contribution is -0.111. The van der Waals surface area contributed by atoms with Crippen LogP contribution in [-0.4, -0.2) is 38.9 Å². The van der Waals surface area contributed by atoms with Gasteiger partial charge in [-0.25, -0.2) is 4.79 Å². The second-order valence-electron chi connectivity index (χ2n) is 6.19. The number of amides is 2. The smallest absolute Gasteiger partial charge is 0.330 e. The van der Waals surface area contributed by atoms with Gasteiger partial charge in [0.05, 0.1) is 16.8 Å². The summed E-state index contributed by atoms with van der Waals surface area (Å²) in [5.41, 5.74) is 0.0420. The SMILES string of the molecule is CCN(CC)C(=O)c1ccccc1NC(=O)/C=C/c1cn(C)c(=O)n(C)c1=O. The van der Waals surface area contributed by atoms with Crippen molar-refractivity contribution in [3.05, 3.63) is 68.5 Å². The number of nitrogens with one attached hydrogen (secondary N) is 1. The molecule has 0 saturated heterocycles. The van der Waals surface area contributed by atoms with Crippen molar-refractivity contribution in [3.8, 4) is 0 Å². The standard InChI is InChI=1S/C20H24N4O4/c1-5-24(6-2)19(27)15-9-7-8-10-16(15)21-17(25)12-11-14-13-22(3)20(28)23(4)18(14)26/h7-13H,5-6H2,1-4H3,(H,21,25)/b12-11+. The summed E-state index contributed by atoms with van der Waals surface area (Å²) in [5, 5.41) is 2.67.